The van der Waals surface area contributed by atoms with Crippen LogP contribution in [0.3, 0.4) is 0 Å². The molecule has 1 aromatic heterocycles. The first-order chi connectivity index (χ1) is 14.7. The van der Waals surface area contributed by atoms with Gasteiger partial charge in [-0.15, -0.1) is 0 Å². The van der Waals surface area contributed by atoms with E-state index in [0.29, 0.717) is 12.6 Å². The molecule has 1 fully saturated rings. The minimum Gasteiger partial charge on any atom is -0.497 e. The zero-order valence-electron chi connectivity index (χ0n) is 19.9. The normalized spacial score (nSPS) is 18.3. The lowest BCUT2D eigenvalue weighted by atomic mass is 9.79. The number of methoxy groups -OCH3 is 2. The van der Waals surface area contributed by atoms with Gasteiger partial charge in [0.25, 0.3) is 0 Å². The number of hydrogen-bond acceptors (Lipinski definition) is 6. The molecule has 3 rings (SSSR count). The summed E-state index contributed by atoms with van der Waals surface area (Å²) in [6, 6.07) is 8.86. The molecule has 0 amide bonds. The Morgan fingerprint density at radius 1 is 0.935 bits per heavy atom. The van der Waals surface area contributed by atoms with E-state index in [0.717, 1.165) is 49.5 Å². The van der Waals surface area contributed by atoms with E-state index in [2.05, 4.69) is 60.0 Å². The maximum Gasteiger partial charge on any atom is 0.130 e. The van der Waals surface area contributed by atoms with Crippen molar-refractivity contribution in [3.8, 4) is 5.75 Å². The van der Waals surface area contributed by atoms with Crippen LogP contribution in [0.2, 0.25) is 0 Å². The molecule has 2 heterocycles. The standard InChI is InChI=1S/C25H38N4O2/c1-24(2)13-21(14-25(3,4)28-24)29(17-19-7-9-22(31-6)10-8-19)18-20-15-26-23(27-16-20)11-12-30-5/h7-10,15-16,21,28H,11-14,17-18H2,1-6H3. The van der Waals surface area contributed by atoms with Crippen molar-refractivity contribution in [2.24, 2.45) is 0 Å². The van der Waals surface area contributed by atoms with Crippen molar-refractivity contribution in [1.29, 1.82) is 0 Å². The molecule has 1 saturated heterocycles. The Hall–Kier alpha value is -2.02. The van der Waals surface area contributed by atoms with Crippen molar-refractivity contribution in [1.82, 2.24) is 20.2 Å². The van der Waals surface area contributed by atoms with E-state index in [1.807, 2.05) is 24.5 Å². The largest absolute Gasteiger partial charge is 0.497 e. The van der Waals surface area contributed by atoms with Gasteiger partial charge in [0, 0.05) is 61.7 Å². The van der Waals surface area contributed by atoms with E-state index in [4.69, 9.17) is 9.47 Å². The molecule has 1 N–H and O–H groups in total. The Kier molecular flexibility index (Phi) is 7.68. The highest BCUT2D eigenvalue weighted by Crippen LogP contribution is 2.33. The monoisotopic (exact) mass is 426 g/mol. The van der Waals surface area contributed by atoms with Crippen LogP contribution < -0.4 is 10.1 Å². The van der Waals surface area contributed by atoms with Gasteiger partial charge in [-0.05, 0) is 58.2 Å². The summed E-state index contributed by atoms with van der Waals surface area (Å²) < 4.78 is 10.5. The van der Waals surface area contributed by atoms with Crippen LogP contribution in [0.15, 0.2) is 36.7 Å². The third-order valence-corrected chi connectivity index (χ3v) is 5.90. The molecule has 2 aromatic rings. The average molecular weight is 427 g/mol. The molecule has 6 nitrogen and oxygen atoms in total. The molecule has 6 heteroatoms. The van der Waals surface area contributed by atoms with Crippen LogP contribution in [0, 0.1) is 0 Å². The fourth-order valence-electron chi connectivity index (χ4n) is 4.83. The first-order valence-corrected chi connectivity index (χ1v) is 11.1. The summed E-state index contributed by atoms with van der Waals surface area (Å²) in [6.45, 7) is 11.6. The maximum absolute atomic E-state index is 5.33. The minimum absolute atomic E-state index is 0.0884. The number of rotatable bonds is 9. The summed E-state index contributed by atoms with van der Waals surface area (Å²) in [5, 5.41) is 3.81. The van der Waals surface area contributed by atoms with Crippen molar-refractivity contribution in [3.63, 3.8) is 0 Å². The van der Waals surface area contributed by atoms with Crippen LogP contribution in [0.4, 0.5) is 0 Å². The lowest BCUT2D eigenvalue weighted by Gasteiger charge is -2.49. The van der Waals surface area contributed by atoms with E-state index in [-0.39, 0.29) is 11.1 Å². The van der Waals surface area contributed by atoms with Crippen LogP contribution in [-0.2, 0) is 24.2 Å². The van der Waals surface area contributed by atoms with Crippen molar-refractivity contribution in [2.45, 2.75) is 77.2 Å². The molecule has 0 saturated carbocycles. The minimum atomic E-state index is 0.0884. The predicted molar refractivity (Wildman–Crippen MR) is 124 cm³/mol. The summed E-state index contributed by atoms with van der Waals surface area (Å²) in [7, 11) is 3.41. The fourth-order valence-corrected chi connectivity index (χ4v) is 4.83. The van der Waals surface area contributed by atoms with Crippen molar-refractivity contribution in [3.05, 3.63) is 53.6 Å². The lowest BCUT2D eigenvalue weighted by molar-refractivity contribution is 0.0562. The zero-order chi connectivity index (χ0) is 22.5. The SMILES string of the molecule is COCCc1ncc(CN(Cc2ccc(OC)cc2)C2CC(C)(C)NC(C)(C)C2)cn1. The molecule has 31 heavy (non-hydrogen) atoms. The quantitative estimate of drug-likeness (QED) is 0.654. The molecule has 0 radical (unpaired) electrons. The van der Waals surface area contributed by atoms with E-state index in [1.54, 1.807) is 14.2 Å². The van der Waals surface area contributed by atoms with Gasteiger partial charge < -0.3 is 14.8 Å². The van der Waals surface area contributed by atoms with Gasteiger partial charge in [-0.2, -0.15) is 0 Å². The fraction of sp³-hybridized carbons (Fsp3) is 0.600. The van der Waals surface area contributed by atoms with Gasteiger partial charge in [0.2, 0.25) is 0 Å². The van der Waals surface area contributed by atoms with Gasteiger partial charge in [-0.25, -0.2) is 9.97 Å². The van der Waals surface area contributed by atoms with Crippen LogP contribution in [0.25, 0.3) is 0 Å². The molecule has 1 aliphatic heterocycles. The number of aromatic nitrogens is 2. The number of nitrogens with one attached hydrogen (secondary N) is 1. The summed E-state index contributed by atoms with van der Waals surface area (Å²) >= 11 is 0. The Morgan fingerprint density at radius 2 is 1.52 bits per heavy atom. The molecule has 0 aliphatic carbocycles. The second-order valence-corrected chi connectivity index (χ2v) is 9.96. The molecule has 0 spiro atoms. The van der Waals surface area contributed by atoms with Gasteiger partial charge in [-0.1, -0.05) is 12.1 Å². The number of nitrogens with zero attached hydrogens (tertiary/aromatic N) is 3. The predicted octanol–water partition coefficient (Wildman–Crippen LogP) is 3.99. The zero-order valence-corrected chi connectivity index (χ0v) is 19.9. The first-order valence-electron chi connectivity index (χ1n) is 11.1. The van der Waals surface area contributed by atoms with Gasteiger partial charge in [0.05, 0.1) is 13.7 Å². The summed E-state index contributed by atoms with van der Waals surface area (Å²) in [5.41, 5.74) is 2.60. The van der Waals surface area contributed by atoms with E-state index in [9.17, 15) is 0 Å². The highest BCUT2D eigenvalue weighted by atomic mass is 16.5. The summed E-state index contributed by atoms with van der Waals surface area (Å²) in [4.78, 5) is 11.7. The Labute approximate surface area is 187 Å². The van der Waals surface area contributed by atoms with Crippen LogP contribution in [0.5, 0.6) is 5.75 Å². The van der Waals surface area contributed by atoms with Crippen LogP contribution in [-0.4, -0.2) is 52.8 Å². The van der Waals surface area contributed by atoms with E-state index < -0.39 is 0 Å². The van der Waals surface area contributed by atoms with Crippen LogP contribution >= 0.6 is 0 Å². The van der Waals surface area contributed by atoms with Gasteiger partial charge in [0.1, 0.15) is 11.6 Å². The Balaban J connectivity index is 1.81. The molecular formula is C25H38N4O2. The first kappa shape index (κ1) is 23.6. The highest BCUT2D eigenvalue weighted by Gasteiger charge is 2.39. The molecule has 1 aromatic carbocycles. The third-order valence-electron chi connectivity index (χ3n) is 5.90. The van der Waals surface area contributed by atoms with Gasteiger partial charge in [0.15, 0.2) is 0 Å². The van der Waals surface area contributed by atoms with Crippen LogP contribution in [0.1, 0.15) is 57.5 Å². The third kappa shape index (κ3) is 6.99. The average Bonchev–Trinajstić information content (AvgIpc) is 2.71. The number of hydrogen-bond donors (Lipinski definition) is 1. The molecule has 170 valence electrons. The molecule has 0 unspecified atom stereocenters. The second-order valence-electron chi connectivity index (χ2n) is 9.96. The van der Waals surface area contributed by atoms with Crippen molar-refractivity contribution >= 4 is 0 Å². The molecule has 0 bridgehead atoms. The second kappa shape index (κ2) is 10.1. The summed E-state index contributed by atoms with van der Waals surface area (Å²) in [5.74, 6) is 1.72. The summed E-state index contributed by atoms with van der Waals surface area (Å²) in [6.07, 6.45) is 6.87. The molecule has 0 atom stereocenters. The lowest BCUT2D eigenvalue weighted by Crippen LogP contribution is -2.62. The van der Waals surface area contributed by atoms with Gasteiger partial charge >= 0.3 is 0 Å². The number of piperidine rings is 1. The number of benzene rings is 1. The maximum atomic E-state index is 5.33. The smallest absolute Gasteiger partial charge is 0.130 e. The van der Waals surface area contributed by atoms with Crippen molar-refractivity contribution in [2.75, 3.05) is 20.8 Å². The molecular weight excluding hydrogens is 388 g/mol. The van der Waals surface area contributed by atoms with Crippen molar-refractivity contribution < 1.29 is 9.47 Å². The molecule has 1 aliphatic rings. The van der Waals surface area contributed by atoms with Gasteiger partial charge in [-0.3, -0.25) is 4.90 Å². The Morgan fingerprint density at radius 3 is 2.06 bits per heavy atom. The van der Waals surface area contributed by atoms with E-state index >= 15 is 0 Å². The van der Waals surface area contributed by atoms with E-state index in [1.165, 1.54) is 5.56 Å². The topological polar surface area (TPSA) is 59.5 Å². The Bertz CT molecular complexity index is 802. The number of ether oxygens (including phenoxy) is 2. The highest BCUT2D eigenvalue weighted by molar-refractivity contribution is 5.27.